The van der Waals surface area contributed by atoms with Gasteiger partial charge in [-0.15, -0.1) is 11.3 Å². The Morgan fingerprint density at radius 1 is 1.17 bits per heavy atom. The van der Waals surface area contributed by atoms with Crippen LogP contribution in [0.25, 0.3) is 10.2 Å². The van der Waals surface area contributed by atoms with Gasteiger partial charge in [-0.2, -0.15) is 0 Å². The second-order valence-corrected chi connectivity index (χ2v) is 8.60. The molecule has 4 rings (SSSR count). The van der Waals surface area contributed by atoms with Crippen molar-refractivity contribution in [3.05, 3.63) is 59.7 Å². The fraction of sp³-hybridized carbons (Fsp3) is 0.263. The summed E-state index contributed by atoms with van der Waals surface area (Å²) in [7, 11) is 0. The highest BCUT2D eigenvalue weighted by molar-refractivity contribution is 8.02. The molecule has 2 heterocycles. The maximum absolute atomic E-state index is 12.8. The molecule has 0 spiro atoms. The van der Waals surface area contributed by atoms with Gasteiger partial charge in [0, 0.05) is 13.1 Å². The lowest BCUT2D eigenvalue weighted by molar-refractivity contribution is -0.131. The normalized spacial score (nSPS) is 15.3. The van der Waals surface area contributed by atoms with E-state index in [4.69, 9.17) is 0 Å². The molecule has 2 aromatic carbocycles. The first kappa shape index (κ1) is 15.7. The topological polar surface area (TPSA) is 33.2 Å². The Morgan fingerprint density at radius 2 is 1.92 bits per heavy atom. The van der Waals surface area contributed by atoms with Crippen molar-refractivity contribution in [2.24, 2.45) is 0 Å². The van der Waals surface area contributed by atoms with E-state index in [1.807, 2.05) is 36.1 Å². The Balaban J connectivity index is 1.46. The Hall–Kier alpha value is -1.85. The minimum absolute atomic E-state index is 0.115. The fourth-order valence-corrected chi connectivity index (χ4v) is 5.34. The minimum Gasteiger partial charge on any atom is -0.337 e. The van der Waals surface area contributed by atoms with E-state index in [0.717, 1.165) is 29.4 Å². The summed E-state index contributed by atoms with van der Waals surface area (Å²) in [6.45, 7) is 3.51. The van der Waals surface area contributed by atoms with Gasteiger partial charge in [0.2, 0.25) is 5.91 Å². The van der Waals surface area contributed by atoms with Gasteiger partial charge in [-0.1, -0.05) is 48.2 Å². The van der Waals surface area contributed by atoms with E-state index in [1.54, 1.807) is 23.1 Å². The van der Waals surface area contributed by atoms with E-state index >= 15 is 0 Å². The van der Waals surface area contributed by atoms with Crippen LogP contribution < -0.4 is 0 Å². The van der Waals surface area contributed by atoms with Crippen LogP contribution >= 0.6 is 23.1 Å². The number of hydrogen-bond acceptors (Lipinski definition) is 4. The standard InChI is InChI=1S/C19H18N2OS2/c1-13(23-19-20-16-8-4-5-9-17(16)24-19)18(22)21-11-10-14-6-2-3-7-15(14)12-21/h2-9,13H,10-12H2,1H3/t13-/m0/s1. The van der Waals surface area contributed by atoms with E-state index in [2.05, 4.69) is 29.2 Å². The monoisotopic (exact) mass is 354 g/mol. The van der Waals surface area contributed by atoms with Gasteiger partial charge < -0.3 is 4.90 Å². The summed E-state index contributed by atoms with van der Waals surface area (Å²) in [5.41, 5.74) is 3.65. The van der Waals surface area contributed by atoms with Crippen molar-refractivity contribution in [2.45, 2.75) is 29.5 Å². The first-order valence-electron chi connectivity index (χ1n) is 8.08. The zero-order valence-corrected chi connectivity index (χ0v) is 15.1. The number of thioether (sulfide) groups is 1. The van der Waals surface area contributed by atoms with Gasteiger partial charge in [-0.05, 0) is 36.6 Å². The number of aromatic nitrogens is 1. The maximum Gasteiger partial charge on any atom is 0.236 e. The molecule has 5 heteroatoms. The smallest absolute Gasteiger partial charge is 0.236 e. The van der Waals surface area contributed by atoms with Crippen LogP contribution in [0.3, 0.4) is 0 Å². The molecule has 24 heavy (non-hydrogen) atoms. The molecule has 0 saturated carbocycles. The highest BCUT2D eigenvalue weighted by Crippen LogP contribution is 2.33. The third kappa shape index (κ3) is 3.06. The Bertz CT molecular complexity index is 857. The van der Waals surface area contributed by atoms with Crippen LogP contribution in [0.2, 0.25) is 0 Å². The van der Waals surface area contributed by atoms with Gasteiger partial charge in [0.25, 0.3) is 0 Å². The Morgan fingerprint density at radius 3 is 2.75 bits per heavy atom. The molecule has 0 N–H and O–H groups in total. The Labute approximate surface area is 149 Å². The van der Waals surface area contributed by atoms with Crippen molar-refractivity contribution < 1.29 is 4.79 Å². The molecule has 1 amide bonds. The molecule has 3 nitrogen and oxygen atoms in total. The van der Waals surface area contributed by atoms with Gasteiger partial charge in [0.1, 0.15) is 0 Å². The molecule has 0 fully saturated rings. The summed E-state index contributed by atoms with van der Waals surface area (Å²) >= 11 is 3.23. The molecule has 1 aliphatic heterocycles. The molecule has 0 bridgehead atoms. The number of nitrogens with zero attached hydrogens (tertiary/aromatic N) is 2. The summed E-state index contributed by atoms with van der Waals surface area (Å²) in [5, 5.41) is -0.115. The highest BCUT2D eigenvalue weighted by atomic mass is 32.2. The van der Waals surface area contributed by atoms with E-state index in [1.165, 1.54) is 15.8 Å². The van der Waals surface area contributed by atoms with E-state index < -0.39 is 0 Å². The van der Waals surface area contributed by atoms with Crippen LogP contribution in [-0.2, 0) is 17.8 Å². The van der Waals surface area contributed by atoms with E-state index in [9.17, 15) is 4.79 Å². The number of para-hydroxylation sites is 1. The van der Waals surface area contributed by atoms with Crippen molar-refractivity contribution in [3.8, 4) is 0 Å². The summed E-state index contributed by atoms with van der Waals surface area (Å²) in [5.74, 6) is 0.203. The largest absolute Gasteiger partial charge is 0.337 e. The van der Waals surface area contributed by atoms with Crippen LogP contribution in [-0.4, -0.2) is 27.6 Å². The van der Waals surface area contributed by atoms with Gasteiger partial charge in [-0.3, -0.25) is 4.79 Å². The minimum atomic E-state index is -0.115. The van der Waals surface area contributed by atoms with E-state index in [-0.39, 0.29) is 11.2 Å². The predicted molar refractivity (Wildman–Crippen MR) is 101 cm³/mol. The number of fused-ring (bicyclic) bond motifs is 2. The molecule has 0 aliphatic carbocycles. The molecule has 122 valence electrons. The van der Waals surface area contributed by atoms with Gasteiger partial charge in [0.15, 0.2) is 4.34 Å². The first-order chi connectivity index (χ1) is 11.7. The lowest BCUT2D eigenvalue weighted by Gasteiger charge is -2.30. The molecule has 0 radical (unpaired) electrons. The molecule has 1 atom stereocenters. The highest BCUT2D eigenvalue weighted by Gasteiger charge is 2.25. The van der Waals surface area contributed by atoms with Crippen LogP contribution in [0.15, 0.2) is 52.9 Å². The van der Waals surface area contributed by atoms with E-state index in [0.29, 0.717) is 0 Å². The number of thiazole rings is 1. The number of benzene rings is 2. The number of carbonyl (C=O) groups excluding carboxylic acids is 1. The molecular formula is C19H18N2OS2. The number of hydrogen-bond donors (Lipinski definition) is 0. The van der Waals surface area contributed by atoms with Crippen molar-refractivity contribution in [1.82, 2.24) is 9.88 Å². The predicted octanol–water partition coefficient (Wildman–Crippen LogP) is 4.36. The second-order valence-electron chi connectivity index (χ2n) is 5.99. The SMILES string of the molecule is C[C@H](Sc1nc2ccccc2s1)C(=O)N1CCc2ccccc2C1. The zero-order valence-electron chi connectivity index (χ0n) is 13.4. The summed E-state index contributed by atoms with van der Waals surface area (Å²) in [6.07, 6.45) is 0.945. The van der Waals surface area contributed by atoms with Gasteiger partial charge >= 0.3 is 0 Å². The van der Waals surface area contributed by atoms with Crippen molar-refractivity contribution in [1.29, 1.82) is 0 Å². The Kier molecular flexibility index (Phi) is 4.29. The third-order valence-electron chi connectivity index (χ3n) is 4.34. The lowest BCUT2D eigenvalue weighted by atomic mass is 10.00. The summed E-state index contributed by atoms with van der Waals surface area (Å²) in [6, 6.07) is 16.5. The maximum atomic E-state index is 12.8. The number of amides is 1. The molecule has 1 aromatic heterocycles. The molecule has 0 unspecified atom stereocenters. The lowest BCUT2D eigenvalue weighted by Crippen LogP contribution is -2.40. The molecule has 3 aromatic rings. The van der Waals surface area contributed by atoms with Crippen molar-refractivity contribution in [3.63, 3.8) is 0 Å². The second kappa shape index (κ2) is 6.57. The molecule has 1 aliphatic rings. The van der Waals surface area contributed by atoms with Crippen LogP contribution in [0.5, 0.6) is 0 Å². The van der Waals surface area contributed by atoms with Crippen LogP contribution in [0, 0.1) is 0 Å². The van der Waals surface area contributed by atoms with Crippen molar-refractivity contribution >= 4 is 39.2 Å². The quantitative estimate of drug-likeness (QED) is 0.655. The van der Waals surface area contributed by atoms with Gasteiger partial charge in [0.05, 0.1) is 15.5 Å². The number of rotatable bonds is 3. The summed E-state index contributed by atoms with van der Waals surface area (Å²) < 4.78 is 2.14. The zero-order chi connectivity index (χ0) is 16.5. The summed E-state index contributed by atoms with van der Waals surface area (Å²) in [4.78, 5) is 19.4. The van der Waals surface area contributed by atoms with Crippen molar-refractivity contribution in [2.75, 3.05) is 6.54 Å². The third-order valence-corrected chi connectivity index (χ3v) is 6.56. The molecule has 0 saturated heterocycles. The first-order valence-corrected chi connectivity index (χ1v) is 9.78. The van der Waals surface area contributed by atoms with Crippen LogP contribution in [0.1, 0.15) is 18.1 Å². The van der Waals surface area contributed by atoms with Crippen LogP contribution in [0.4, 0.5) is 0 Å². The average molecular weight is 355 g/mol. The fourth-order valence-electron chi connectivity index (χ4n) is 3.04. The molecular weight excluding hydrogens is 336 g/mol. The average Bonchev–Trinajstić information content (AvgIpc) is 3.02. The number of carbonyl (C=O) groups is 1. The van der Waals surface area contributed by atoms with Gasteiger partial charge in [-0.25, -0.2) is 4.98 Å².